The van der Waals surface area contributed by atoms with Gasteiger partial charge in [0.05, 0.1) is 0 Å². The Morgan fingerprint density at radius 2 is 1.74 bits per heavy atom. The maximum Gasteiger partial charge on any atom is 0.408 e. The van der Waals surface area contributed by atoms with Crippen LogP contribution in [0, 0.1) is 5.92 Å². The monoisotopic (exact) mass is 378 g/mol. The van der Waals surface area contributed by atoms with E-state index in [2.05, 4.69) is 10.6 Å². The Labute approximate surface area is 160 Å². The quantitative estimate of drug-likeness (QED) is 0.549. The highest BCUT2D eigenvalue weighted by molar-refractivity contribution is 5.89. The molecule has 1 rings (SSSR count). The Hall–Kier alpha value is -2.57. The molecule has 0 aromatic heterocycles. The Morgan fingerprint density at radius 3 is 2.30 bits per heavy atom. The molecule has 0 radical (unpaired) electrons. The van der Waals surface area contributed by atoms with Gasteiger partial charge < -0.3 is 20.5 Å². The van der Waals surface area contributed by atoms with Crippen LogP contribution in [0.4, 0.5) is 4.79 Å². The molecule has 7 heteroatoms. The molecule has 0 aliphatic carbocycles. The lowest BCUT2D eigenvalue weighted by molar-refractivity contribution is -0.142. The molecule has 0 spiro atoms. The van der Waals surface area contributed by atoms with Crippen LogP contribution >= 0.6 is 0 Å². The van der Waals surface area contributed by atoms with Crippen LogP contribution in [0.1, 0.15) is 52.0 Å². The Morgan fingerprint density at radius 1 is 1.07 bits per heavy atom. The van der Waals surface area contributed by atoms with Gasteiger partial charge >= 0.3 is 12.1 Å². The van der Waals surface area contributed by atoms with Crippen LogP contribution in [0.3, 0.4) is 0 Å². The number of hydrogen-bond donors (Lipinski definition) is 3. The number of carboxylic acids is 1. The van der Waals surface area contributed by atoms with E-state index in [1.165, 1.54) is 0 Å². The first-order chi connectivity index (χ1) is 12.8. The molecule has 3 N–H and O–H groups in total. The third-order valence-corrected chi connectivity index (χ3v) is 3.99. The Balaban J connectivity index is 2.65. The van der Waals surface area contributed by atoms with Gasteiger partial charge in [-0.3, -0.25) is 4.79 Å². The van der Waals surface area contributed by atoms with Crippen molar-refractivity contribution in [1.82, 2.24) is 10.6 Å². The predicted molar refractivity (Wildman–Crippen MR) is 102 cm³/mol. The fourth-order valence-corrected chi connectivity index (χ4v) is 2.55. The second-order valence-corrected chi connectivity index (χ2v) is 6.93. The van der Waals surface area contributed by atoms with E-state index in [0.29, 0.717) is 19.3 Å². The van der Waals surface area contributed by atoms with E-state index >= 15 is 0 Å². The van der Waals surface area contributed by atoms with Gasteiger partial charge in [0.15, 0.2) is 0 Å². The minimum Gasteiger partial charge on any atom is -0.480 e. The molecule has 0 unspecified atom stereocenters. The Bertz CT molecular complexity index is 604. The number of amides is 2. The van der Waals surface area contributed by atoms with Crippen LogP contribution in [0.5, 0.6) is 0 Å². The van der Waals surface area contributed by atoms with E-state index < -0.39 is 30.1 Å². The second-order valence-electron chi connectivity index (χ2n) is 6.93. The molecule has 0 bridgehead atoms. The Kier molecular flexibility index (Phi) is 9.93. The summed E-state index contributed by atoms with van der Waals surface area (Å²) in [5.74, 6) is -1.45. The summed E-state index contributed by atoms with van der Waals surface area (Å²) in [6.45, 7) is 5.88. The zero-order chi connectivity index (χ0) is 20.2. The summed E-state index contributed by atoms with van der Waals surface area (Å²) in [7, 11) is 0. The van der Waals surface area contributed by atoms with Gasteiger partial charge in [-0.25, -0.2) is 9.59 Å². The molecule has 0 aliphatic rings. The highest BCUT2D eigenvalue weighted by Gasteiger charge is 2.27. The zero-order valence-corrected chi connectivity index (χ0v) is 16.2. The van der Waals surface area contributed by atoms with Crippen LogP contribution in [0.2, 0.25) is 0 Å². The molecule has 150 valence electrons. The van der Waals surface area contributed by atoms with E-state index in [9.17, 15) is 19.5 Å². The molecule has 1 aromatic carbocycles. The fraction of sp³-hybridized carbons (Fsp3) is 0.550. The average molecular weight is 378 g/mol. The summed E-state index contributed by atoms with van der Waals surface area (Å²) in [4.78, 5) is 35.9. The number of benzene rings is 1. The number of carbonyl (C=O) groups is 3. The topological polar surface area (TPSA) is 105 Å². The maximum atomic E-state index is 12.5. The number of carboxylic acid groups (broad SMARTS) is 1. The number of aliphatic carboxylic acids is 1. The van der Waals surface area contributed by atoms with Crippen molar-refractivity contribution in [3.05, 3.63) is 35.9 Å². The van der Waals surface area contributed by atoms with E-state index in [4.69, 9.17) is 4.74 Å². The number of ether oxygens (including phenoxy) is 1. The van der Waals surface area contributed by atoms with E-state index in [0.717, 1.165) is 12.0 Å². The first-order valence-electron chi connectivity index (χ1n) is 9.33. The molecule has 2 atom stereocenters. The maximum absolute atomic E-state index is 12.5. The molecule has 0 heterocycles. The molecule has 2 amide bonds. The van der Waals surface area contributed by atoms with E-state index in [1.54, 1.807) is 0 Å². The number of alkyl carbamates (subject to hydrolysis) is 1. The first kappa shape index (κ1) is 22.5. The highest BCUT2D eigenvalue weighted by atomic mass is 16.5. The highest BCUT2D eigenvalue weighted by Crippen LogP contribution is 2.08. The van der Waals surface area contributed by atoms with Crippen LogP contribution < -0.4 is 10.6 Å². The van der Waals surface area contributed by atoms with Crippen LogP contribution in [-0.4, -0.2) is 35.2 Å². The fourth-order valence-electron chi connectivity index (χ4n) is 2.55. The van der Waals surface area contributed by atoms with Crippen molar-refractivity contribution in [2.75, 3.05) is 0 Å². The standard InChI is InChI=1S/C20H30N2O5/c1-4-5-11-16(19(24)25)21-18(23)17(12-14(2)3)22-20(26)27-13-15-9-7-6-8-10-15/h6-10,14,16-17H,4-5,11-13H2,1-3H3,(H,21,23)(H,22,26)(H,24,25)/t16-,17+/m1/s1. The van der Waals surface area contributed by atoms with Crippen LogP contribution in [0.25, 0.3) is 0 Å². The lowest BCUT2D eigenvalue weighted by atomic mass is 10.0. The summed E-state index contributed by atoms with van der Waals surface area (Å²) < 4.78 is 5.16. The first-order valence-corrected chi connectivity index (χ1v) is 9.33. The summed E-state index contributed by atoms with van der Waals surface area (Å²) in [6, 6.07) is 7.39. The van der Waals surface area contributed by atoms with Crippen molar-refractivity contribution in [2.24, 2.45) is 5.92 Å². The third-order valence-electron chi connectivity index (χ3n) is 3.99. The van der Waals surface area contributed by atoms with Crippen molar-refractivity contribution in [3.63, 3.8) is 0 Å². The molecule has 1 aromatic rings. The molecule has 0 saturated carbocycles. The molecular formula is C20H30N2O5. The van der Waals surface area contributed by atoms with Gasteiger partial charge in [0.1, 0.15) is 18.7 Å². The third kappa shape index (κ3) is 9.08. The van der Waals surface area contributed by atoms with Gasteiger partial charge in [-0.1, -0.05) is 63.9 Å². The minimum atomic E-state index is -1.08. The summed E-state index contributed by atoms with van der Waals surface area (Å²) >= 11 is 0. The molecule has 0 saturated heterocycles. The number of hydrogen-bond acceptors (Lipinski definition) is 4. The lowest BCUT2D eigenvalue weighted by Gasteiger charge is -2.22. The van der Waals surface area contributed by atoms with Gasteiger partial charge in [-0.15, -0.1) is 0 Å². The lowest BCUT2D eigenvalue weighted by Crippen LogP contribution is -2.52. The number of nitrogens with one attached hydrogen (secondary N) is 2. The van der Waals surface area contributed by atoms with Crippen molar-refractivity contribution >= 4 is 18.0 Å². The molecule has 0 aliphatic heterocycles. The molecular weight excluding hydrogens is 348 g/mol. The largest absolute Gasteiger partial charge is 0.480 e. The van der Waals surface area contributed by atoms with Crippen molar-refractivity contribution in [3.8, 4) is 0 Å². The van der Waals surface area contributed by atoms with Gasteiger partial charge in [0.2, 0.25) is 5.91 Å². The smallest absolute Gasteiger partial charge is 0.408 e. The molecule has 7 nitrogen and oxygen atoms in total. The SMILES string of the molecule is CCCC[C@@H](NC(=O)[C@H](CC(C)C)NC(=O)OCc1ccccc1)C(=O)O. The molecule has 0 fully saturated rings. The predicted octanol–water partition coefficient (Wildman–Crippen LogP) is 3.09. The second kappa shape index (κ2) is 11.9. The summed E-state index contributed by atoms with van der Waals surface area (Å²) in [5.41, 5.74) is 0.836. The van der Waals surface area contributed by atoms with E-state index in [-0.39, 0.29) is 12.5 Å². The van der Waals surface area contributed by atoms with Gasteiger partial charge in [0, 0.05) is 0 Å². The van der Waals surface area contributed by atoms with E-state index in [1.807, 2.05) is 51.1 Å². The van der Waals surface area contributed by atoms with Crippen molar-refractivity contribution < 1.29 is 24.2 Å². The number of unbranched alkanes of at least 4 members (excludes halogenated alkanes) is 1. The number of rotatable bonds is 11. The van der Waals surface area contributed by atoms with Gasteiger partial charge in [0.25, 0.3) is 0 Å². The van der Waals surface area contributed by atoms with Gasteiger partial charge in [-0.05, 0) is 24.3 Å². The van der Waals surface area contributed by atoms with Gasteiger partial charge in [-0.2, -0.15) is 0 Å². The normalized spacial score (nSPS) is 12.9. The average Bonchev–Trinajstić information content (AvgIpc) is 2.63. The summed E-state index contributed by atoms with van der Waals surface area (Å²) in [6.07, 6.45) is 1.55. The zero-order valence-electron chi connectivity index (χ0n) is 16.2. The molecule has 27 heavy (non-hydrogen) atoms. The van der Waals surface area contributed by atoms with Crippen LogP contribution in [-0.2, 0) is 20.9 Å². The number of carbonyl (C=O) groups excluding carboxylic acids is 2. The minimum absolute atomic E-state index is 0.0942. The van der Waals surface area contributed by atoms with Crippen molar-refractivity contribution in [1.29, 1.82) is 0 Å². The van der Waals surface area contributed by atoms with Crippen LogP contribution in [0.15, 0.2) is 30.3 Å². The summed E-state index contributed by atoms with van der Waals surface area (Å²) in [5, 5.41) is 14.4. The van der Waals surface area contributed by atoms with Crippen molar-refractivity contribution in [2.45, 2.75) is 65.1 Å².